The van der Waals surface area contributed by atoms with E-state index in [1.165, 1.54) is 6.42 Å². The first kappa shape index (κ1) is 16.2. The third-order valence-corrected chi connectivity index (χ3v) is 5.56. The van der Waals surface area contributed by atoms with E-state index >= 15 is 0 Å². The standard InChI is InChI=1S/C12H24ClNO3S/c1-17-10-5-11-18(15,16)14(9-8-13)12-6-3-2-4-7-12/h12H,2-11H2,1H3. The Bertz CT molecular complexity index is 315. The summed E-state index contributed by atoms with van der Waals surface area (Å²) >= 11 is 5.75. The van der Waals surface area contributed by atoms with Crippen molar-refractivity contribution in [1.29, 1.82) is 0 Å². The minimum Gasteiger partial charge on any atom is -0.385 e. The lowest BCUT2D eigenvalue weighted by molar-refractivity contribution is 0.198. The molecule has 0 atom stereocenters. The molecule has 108 valence electrons. The van der Waals surface area contributed by atoms with Crippen LogP contribution in [0, 0.1) is 0 Å². The first-order valence-electron chi connectivity index (χ1n) is 6.66. The van der Waals surface area contributed by atoms with Crippen LogP contribution in [0.4, 0.5) is 0 Å². The van der Waals surface area contributed by atoms with Crippen LogP contribution in [0.5, 0.6) is 0 Å². The van der Waals surface area contributed by atoms with Crippen LogP contribution in [0.3, 0.4) is 0 Å². The molecule has 0 N–H and O–H groups in total. The second kappa shape index (κ2) is 8.35. The van der Waals surface area contributed by atoms with E-state index < -0.39 is 10.0 Å². The highest BCUT2D eigenvalue weighted by atomic mass is 35.5. The van der Waals surface area contributed by atoms with E-state index in [0.29, 0.717) is 25.5 Å². The largest absolute Gasteiger partial charge is 0.385 e. The summed E-state index contributed by atoms with van der Waals surface area (Å²) in [6.45, 7) is 0.917. The molecule has 1 fully saturated rings. The third-order valence-electron chi connectivity index (χ3n) is 3.39. The van der Waals surface area contributed by atoms with Crippen LogP contribution < -0.4 is 0 Å². The average Bonchev–Trinajstić information content (AvgIpc) is 2.37. The zero-order valence-corrected chi connectivity index (χ0v) is 12.7. The first-order valence-corrected chi connectivity index (χ1v) is 8.80. The second-order valence-corrected chi connectivity index (χ2v) is 7.17. The van der Waals surface area contributed by atoms with Crippen LogP contribution in [0.15, 0.2) is 0 Å². The van der Waals surface area contributed by atoms with Gasteiger partial charge in [0.1, 0.15) is 0 Å². The fraction of sp³-hybridized carbons (Fsp3) is 1.00. The molecule has 0 aromatic carbocycles. The Labute approximate surface area is 116 Å². The van der Waals surface area contributed by atoms with Crippen LogP contribution in [0.2, 0.25) is 0 Å². The topological polar surface area (TPSA) is 46.6 Å². The van der Waals surface area contributed by atoms with Crippen molar-refractivity contribution in [1.82, 2.24) is 4.31 Å². The number of sulfonamides is 1. The Morgan fingerprint density at radius 2 is 1.94 bits per heavy atom. The van der Waals surface area contributed by atoms with Gasteiger partial charge in [-0.05, 0) is 19.3 Å². The van der Waals surface area contributed by atoms with E-state index in [-0.39, 0.29) is 11.8 Å². The quantitative estimate of drug-likeness (QED) is 0.510. The maximum absolute atomic E-state index is 12.3. The number of ether oxygens (including phenoxy) is 1. The number of alkyl halides is 1. The lowest BCUT2D eigenvalue weighted by Crippen LogP contribution is -2.43. The summed E-state index contributed by atoms with van der Waals surface area (Å²) in [5, 5.41) is 0. The van der Waals surface area contributed by atoms with Crippen molar-refractivity contribution in [3.63, 3.8) is 0 Å². The van der Waals surface area contributed by atoms with E-state index in [0.717, 1.165) is 25.7 Å². The van der Waals surface area contributed by atoms with Crippen molar-refractivity contribution in [2.75, 3.05) is 31.9 Å². The maximum atomic E-state index is 12.3. The molecule has 0 bridgehead atoms. The summed E-state index contributed by atoms with van der Waals surface area (Å²) in [6, 6.07) is 0.157. The number of hydrogen-bond acceptors (Lipinski definition) is 3. The van der Waals surface area contributed by atoms with Gasteiger partial charge < -0.3 is 4.74 Å². The smallest absolute Gasteiger partial charge is 0.214 e. The van der Waals surface area contributed by atoms with Crippen molar-refractivity contribution in [3.8, 4) is 0 Å². The van der Waals surface area contributed by atoms with Gasteiger partial charge >= 0.3 is 0 Å². The van der Waals surface area contributed by atoms with E-state index in [4.69, 9.17) is 16.3 Å². The highest BCUT2D eigenvalue weighted by Gasteiger charge is 2.29. The molecule has 0 saturated heterocycles. The summed E-state index contributed by atoms with van der Waals surface area (Å²) < 4.78 is 31.2. The molecule has 0 aliphatic heterocycles. The molecule has 0 aromatic heterocycles. The summed E-state index contributed by atoms with van der Waals surface area (Å²) in [5.74, 6) is 0.522. The van der Waals surface area contributed by atoms with Crippen molar-refractivity contribution in [2.24, 2.45) is 0 Å². The van der Waals surface area contributed by atoms with E-state index in [1.807, 2.05) is 0 Å². The minimum absolute atomic E-state index is 0.157. The molecule has 0 aromatic rings. The van der Waals surface area contributed by atoms with Crippen molar-refractivity contribution in [2.45, 2.75) is 44.6 Å². The third kappa shape index (κ3) is 5.03. The fourth-order valence-corrected chi connectivity index (χ4v) is 4.54. The number of nitrogens with zero attached hydrogens (tertiary/aromatic N) is 1. The van der Waals surface area contributed by atoms with Crippen molar-refractivity contribution in [3.05, 3.63) is 0 Å². The van der Waals surface area contributed by atoms with Crippen molar-refractivity contribution >= 4 is 21.6 Å². The highest BCUT2D eigenvalue weighted by molar-refractivity contribution is 7.89. The molecule has 1 aliphatic carbocycles. The predicted molar refractivity (Wildman–Crippen MR) is 74.6 cm³/mol. The normalized spacial score (nSPS) is 18.4. The molecule has 0 unspecified atom stereocenters. The van der Waals surface area contributed by atoms with Gasteiger partial charge in [0.15, 0.2) is 0 Å². The van der Waals surface area contributed by atoms with Crippen LogP contribution in [-0.4, -0.2) is 50.7 Å². The van der Waals surface area contributed by atoms with Crippen LogP contribution in [0.25, 0.3) is 0 Å². The van der Waals surface area contributed by atoms with Gasteiger partial charge in [0.2, 0.25) is 10.0 Å². The molecule has 0 spiro atoms. The van der Waals surface area contributed by atoms with Gasteiger partial charge in [-0.15, -0.1) is 11.6 Å². The van der Waals surface area contributed by atoms with E-state index in [2.05, 4.69) is 0 Å². The molecule has 0 heterocycles. The van der Waals surface area contributed by atoms with Gasteiger partial charge in [-0.1, -0.05) is 19.3 Å². The summed E-state index contributed by atoms with van der Waals surface area (Å²) in [6.07, 6.45) is 5.95. The Morgan fingerprint density at radius 3 is 2.50 bits per heavy atom. The summed E-state index contributed by atoms with van der Waals surface area (Å²) in [4.78, 5) is 0. The Hall–Kier alpha value is 0.160. The maximum Gasteiger partial charge on any atom is 0.214 e. The fourth-order valence-electron chi connectivity index (χ4n) is 2.50. The molecule has 4 nitrogen and oxygen atoms in total. The van der Waals surface area contributed by atoms with Crippen LogP contribution >= 0.6 is 11.6 Å². The highest BCUT2D eigenvalue weighted by Crippen LogP contribution is 2.25. The summed E-state index contributed by atoms with van der Waals surface area (Å²) in [7, 11) is -1.60. The first-order chi connectivity index (χ1) is 8.61. The molecule has 6 heteroatoms. The van der Waals surface area contributed by atoms with Gasteiger partial charge in [0.25, 0.3) is 0 Å². The summed E-state index contributed by atoms with van der Waals surface area (Å²) in [5.41, 5.74) is 0. The molecule has 0 amide bonds. The zero-order valence-electron chi connectivity index (χ0n) is 11.1. The van der Waals surface area contributed by atoms with E-state index in [9.17, 15) is 8.42 Å². The molecule has 1 rings (SSSR count). The number of halogens is 1. The van der Waals surface area contributed by atoms with E-state index in [1.54, 1.807) is 11.4 Å². The lowest BCUT2D eigenvalue weighted by atomic mass is 9.95. The minimum atomic E-state index is -3.19. The number of hydrogen-bond donors (Lipinski definition) is 0. The van der Waals surface area contributed by atoms with Gasteiger partial charge in [-0.25, -0.2) is 8.42 Å². The Kier molecular flexibility index (Phi) is 7.53. The molecule has 18 heavy (non-hydrogen) atoms. The zero-order chi connectivity index (χ0) is 13.4. The van der Waals surface area contributed by atoms with Gasteiger partial charge in [0.05, 0.1) is 5.75 Å². The SMILES string of the molecule is COCCCS(=O)(=O)N(CCCl)C1CCCCC1. The van der Waals surface area contributed by atoms with Crippen LogP contribution in [0.1, 0.15) is 38.5 Å². The second-order valence-electron chi connectivity index (χ2n) is 4.75. The molecule has 0 radical (unpaired) electrons. The van der Waals surface area contributed by atoms with Crippen LogP contribution in [-0.2, 0) is 14.8 Å². The molecular formula is C12H24ClNO3S. The van der Waals surface area contributed by atoms with Crippen molar-refractivity contribution < 1.29 is 13.2 Å². The van der Waals surface area contributed by atoms with Gasteiger partial charge in [0, 0.05) is 32.2 Å². The average molecular weight is 298 g/mol. The molecule has 1 aliphatic rings. The van der Waals surface area contributed by atoms with Gasteiger partial charge in [-0.3, -0.25) is 0 Å². The lowest BCUT2D eigenvalue weighted by Gasteiger charge is -2.33. The van der Waals surface area contributed by atoms with Gasteiger partial charge in [-0.2, -0.15) is 4.31 Å². The predicted octanol–water partition coefficient (Wildman–Crippen LogP) is 2.23. The Morgan fingerprint density at radius 1 is 1.28 bits per heavy atom. The Balaban J connectivity index is 2.63. The molecular weight excluding hydrogens is 274 g/mol. The molecule has 1 saturated carbocycles. The number of rotatable bonds is 8. The number of methoxy groups -OCH3 is 1. The monoisotopic (exact) mass is 297 g/mol.